The number of nitrogens with zero attached hydrogens (tertiary/aromatic N) is 1. The van der Waals surface area contributed by atoms with E-state index in [0.29, 0.717) is 0 Å². The van der Waals surface area contributed by atoms with E-state index >= 15 is 0 Å². The van der Waals surface area contributed by atoms with Gasteiger partial charge in [0.05, 0.1) is 6.04 Å². The fourth-order valence-corrected chi connectivity index (χ4v) is 1.78. The second-order valence-electron chi connectivity index (χ2n) is 4.38. The Hall–Kier alpha value is -1.61. The lowest BCUT2D eigenvalue weighted by Gasteiger charge is -2.03. The van der Waals surface area contributed by atoms with E-state index in [0.717, 1.165) is 29.9 Å². The third kappa shape index (κ3) is 2.74. The summed E-state index contributed by atoms with van der Waals surface area (Å²) >= 11 is 0. The number of rotatable bonds is 4. The van der Waals surface area contributed by atoms with Gasteiger partial charge in [-0.25, -0.2) is 0 Å². The van der Waals surface area contributed by atoms with Crippen molar-refractivity contribution in [2.75, 3.05) is 0 Å². The molecular weight excluding hydrogens is 212 g/mol. The van der Waals surface area contributed by atoms with Gasteiger partial charge in [-0.3, -0.25) is 0 Å². The Morgan fingerprint density at radius 1 is 1.29 bits per heavy atom. The number of aryl methyl sites for hydroxylation is 1. The molecule has 0 aliphatic carbocycles. The molecule has 0 amide bonds. The van der Waals surface area contributed by atoms with E-state index in [1.807, 2.05) is 18.2 Å². The van der Waals surface area contributed by atoms with Gasteiger partial charge in [-0.2, -0.15) is 0 Å². The van der Waals surface area contributed by atoms with E-state index in [-0.39, 0.29) is 6.04 Å². The number of aromatic nitrogens is 1. The van der Waals surface area contributed by atoms with E-state index in [2.05, 4.69) is 31.1 Å². The van der Waals surface area contributed by atoms with Gasteiger partial charge in [0, 0.05) is 11.6 Å². The highest BCUT2D eigenvalue weighted by Gasteiger charge is 2.12. The summed E-state index contributed by atoms with van der Waals surface area (Å²) < 4.78 is 5.29. The molecule has 2 rings (SSSR count). The van der Waals surface area contributed by atoms with E-state index in [1.165, 1.54) is 5.56 Å². The van der Waals surface area contributed by atoms with Gasteiger partial charge in [0.2, 0.25) is 0 Å². The van der Waals surface area contributed by atoms with Crippen molar-refractivity contribution in [1.29, 1.82) is 0 Å². The highest BCUT2D eigenvalue weighted by molar-refractivity contribution is 5.59. The third-order valence-corrected chi connectivity index (χ3v) is 2.84. The van der Waals surface area contributed by atoms with Crippen molar-refractivity contribution in [3.8, 4) is 11.3 Å². The fraction of sp³-hybridized carbons (Fsp3) is 0.357. The summed E-state index contributed by atoms with van der Waals surface area (Å²) in [4.78, 5) is 0. The van der Waals surface area contributed by atoms with Crippen LogP contribution in [0.15, 0.2) is 34.9 Å². The molecule has 3 heteroatoms. The Labute approximate surface area is 102 Å². The molecule has 1 aromatic heterocycles. The summed E-state index contributed by atoms with van der Waals surface area (Å²) in [5, 5.41) is 4.06. The van der Waals surface area contributed by atoms with Crippen molar-refractivity contribution in [3.63, 3.8) is 0 Å². The molecule has 0 radical (unpaired) electrons. The van der Waals surface area contributed by atoms with E-state index in [1.54, 1.807) is 0 Å². The first-order valence-corrected chi connectivity index (χ1v) is 6.00. The van der Waals surface area contributed by atoms with Crippen molar-refractivity contribution in [3.05, 3.63) is 41.7 Å². The molecule has 1 unspecified atom stereocenters. The van der Waals surface area contributed by atoms with Gasteiger partial charge in [-0.1, -0.05) is 48.3 Å². The van der Waals surface area contributed by atoms with Crippen molar-refractivity contribution in [1.82, 2.24) is 5.16 Å². The van der Waals surface area contributed by atoms with Crippen LogP contribution in [0.4, 0.5) is 0 Å². The average molecular weight is 230 g/mol. The molecule has 90 valence electrons. The van der Waals surface area contributed by atoms with Crippen LogP contribution in [0.25, 0.3) is 11.3 Å². The maximum atomic E-state index is 5.99. The first-order valence-electron chi connectivity index (χ1n) is 6.00. The summed E-state index contributed by atoms with van der Waals surface area (Å²) in [5.41, 5.74) is 9.14. The minimum absolute atomic E-state index is 0.0494. The topological polar surface area (TPSA) is 52.0 Å². The van der Waals surface area contributed by atoms with Crippen molar-refractivity contribution in [2.24, 2.45) is 5.73 Å². The minimum Gasteiger partial charge on any atom is -0.359 e. The standard InChI is InChI=1S/C14H18N2O/c1-3-4-12(15)14-9-13(16-17-14)11-7-5-10(2)6-8-11/h5-9,12H,3-4,15H2,1-2H3. The van der Waals surface area contributed by atoms with Crippen LogP contribution in [0.3, 0.4) is 0 Å². The number of hydrogen-bond donors (Lipinski definition) is 1. The van der Waals surface area contributed by atoms with Crippen molar-refractivity contribution in [2.45, 2.75) is 32.7 Å². The zero-order valence-electron chi connectivity index (χ0n) is 10.3. The fourth-order valence-electron chi connectivity index (χ4n) is 1.78. The number of nitrogens with two attached hydrogens (primary N) is 1. The van der Waals surface area contributed by atoms with Crippen LogP contribution < -0.4 is 5.73 Å². The smallest absolute Gasteiger partial charge is 0.154 e. The number of hydrogen-bond acceptors (Lipinski definition) is 3. The van der Waals surface area contributed by atoms with E-state index in [4.69, 9.17) is 10.3 Å². The Morgan fingerprint density at radius 2 is 2.00 bits per heavy atom. The lowest BCUT2D eigenvalue weighted by atomic mass is 10.1. The maximum Gasteiger partial charge on any atom is 0.154 e. The van der Waals surface area contributed by atoms with Crippen molar-refractivity contribution >= 4 is 0 Å². The molecule has 0 fully saturated rings. The first kappa shape index (κ1) is 11.9. The summed E-state index contributed by atoms with van der Waals surface area (Å²) in [6, 6.07) is 10.1. The van der Waals surface area contributed by atoms with Crippen molar-refractivity contribution < 1.29 is 4.52 Å². The molecule has 0 aliphatic heterocycles. The number of benzene rings is 1. The van der Waals surface area contributed by atoms with Crippen LogP contribution in [-0.2, 0) is 0 Å². The molecule has 0 saturated carbocycles. The highest BCUT2D eigenvalue weighted by Crippen LogP contribution is 2.23. The molecule has 0 saturated heterocycles. The molecule has 1 atom stereocenters. The maximum absolute atomic E-state index is 5.99. The predicted molar refractivity (Wildman–Crippen MR) is 68.5 cm³/mol. The lowest BCUT2D eigenvalue weighted by molar-refractivity contribution is 0.356. The molecule has 0 bridgehead atoms. The zero-order valence-corrected chi connectivity index (χ0v) is 10.3. The largest absolute Gasteiger partial charge is 0.359 e. The average Bonchev–Trinajstić information content (AvgIpc) is 2.80. The molecular formula is C14H18N2O. The quantitative estimate of drug-likeness (QED) is 0.875. The van der Waals surface area contributed by atoms with Crippen LogP contribution in [0, 0.1) is 6.92 Å². The summed E-state index contributed by atoms with van der Waals surface area (Å²) in [6.45, 7) is 4.17. The van der Waals surface area contributed by atoms with Crippen LogP contribution in [0.1, 0.15) is 37.1 Å². The molecule has 1 aromatic carbocycles. The van der Waals surface area contributed by atoms with E-state index < -0.39 is 0 Å². The van der Waals surface area contributed by atoms with Gasteiger partial charge in [-0.05, 0) is 13.3 Å². The Balaban J connectivity index is 2.20. The normalized spacial score (nSPS) is 12.6. The second kappa shape index (κ2) is 5.15. The highest BCUT2D eigenvalue weighted by atomic mass is 16.5. The molecule has 17 heavy (non-hydrogen) atoms. The van der Waals surface area contributed by atoms with Gasteiger partial charge in [0.1, 0.15) is 5.69 Å². The van der Waals surface area contributed by atoms with Crippen LogP contribution in [0.5, 0.6) is 0 Å². The Bertz CT molecular complexity index is 473. The minimum atomic E-state index is -0.0494. The second-order valence-corrected chi connectivity index (χ2v) is 4.38. The lowest BCUT2D eigenvalue weighted by Crippen LogP contribution is -2.08. The third-order valence-electron chi connectivity index (χ3n) is 2.84. The van der Waals surface area contributed by atoms with Gasteiger partial charge in [-0.15, -0.1) is 0 Å². The molecule has 3 nitrogen and oxygen atoms in total. The van der Waals surface area contributed by atoms with Crippen LogP contribution in [0.2, 0.25) is 0 Å². The van der Waals surface area contributed by atoms with Gasteiger partial charge >= 0.3 is 0 Å². The monoisotopic (exact) mass is 230 g/mol. The summed E-state index contributed by atoms with van der Waals surface area (Å²) in [7, 11) is 0. The van der Waals surface area contributed by atoms with Crippen LogP contribution in [-0.4, -0.2) is 5.16 Å². The molecule has 0 aliphatic rings. The SMILES string of the molecule is CCCC(N)c1cc(-c2ccc(C)cc2)no1. The van der Waals surface area contributed by atoms with Gasteiger partial charge in [0.25, 0.3) is 0 Å². The summed E-state index contributed by atoms with van der Waals surface area (Å²) in [6.07, 6.45) is 1.96. The van der Waals surface area contributed by atoms with Crippen LogP contribution >= 0.6 is 0 Å². The Morgan fingerprint density at radius 3 is 2.65 bits per heavy atom. The summed E-state index contributed by atoms with van der Waals surface area (Å²) in [5.74, 6) is 0.766. The predicted octanol–water partition coefficient (Wildman–Crippen LogP) is 3.45. The molecule has 1 heterocycles. The zero-order chi connectivity index (χ0) is 12.3. The molecule has 2 N–H and O–H groups in total. The Kier molecular flexibility index (Phi) is 3.59. The molecule has 0 spiro atoms. The van der Waals surface area contributed by atoms with Gasteiger partial charge in [0.15, 0.2) is 5.76 Å². The molecule has 2 aromatic rings. The first-order chi connectivity index (χ1) is 8.20. The van der Waals surface area contributed by atoms with Gasteiger partial charge < -0.3 is 10.3 Å². The van der Waals surface area contributed by atoms with E-state index in [9.17, 15) is 0 Å².